The average Bonchev–Trinajstić information content (AvgIpc) is 3.14. The normalized spacial score (nSPS) is 10.7. The molecule has 0 aliphatic rings. The SMILES string of the molecule is C=CC(=O)Nc1ccc2ncn(-c3cncc(Nc4c(C)cccc4C)n3)c2c1. The van der Waals surface area contributed by atoms with Gasteiger partial charge in [0.15, 0.2) is 11.6 Å². The topological polar surface area (TPSA) is 84.7 Å². The second-order valence-corrected chi connectivity index (χ2v) is 6.67. The molecule has 0 spiro atoms. The van der Waals surface area contributed by atoms with Crippen molar-refractivity contribution in [2.24, 2.45) is 0 Å². The first-order valence-corrected chi connectivity index (χ1v) is 9.11. The molecule has 29 heavy (non-hydrogen) atoms. The van der Waals surface area contributed by atoms with Gasteiger partial charge in [-0.05, 0) is 49.2 Å². The van der Waals surface area contributed by atoms with E-state index in [4.69, 9.17) is 4.98 Å². The third-order valence-corrected chi connectivity index (χ3v) is 4.60. The van der Waals surface area contributed by atoms with Crippen molar-refractivity contribution < 1.29 is 4.79 Å². The summed E-state index contributed by atoms with van der Waals surface area (Å²) in [5.41, 5.74) is 5.54. The summed E-state index contributed by atoms with van der Waals surface area (Å²) in [6.45, 7) is 7.58. The van der Waals surface area contributed by atoms with E-state index in [0.29, 0.717) is 17.3 Å². The van der Waals surface area contributed by atoms with Crippen molar-refractivity contribution in [3.8, 4) is 5.82 Å². The smallest absolute Gasteiger partial charge is 0.247 e. The van der Waals surface area contributed by atoms with Gasteiger partial charge < -0.3 is 10.6 Å². The van der Waals surface area contributed by atoms with Gasteiger partial charge in [0.1, 0.15) is 6.33 Å². The number of rotatable bonds is 5. The Kier molecular flexibility index (Phi) is 4.78. The van der Waals surface area contributed by atoms with Crippen LogP contribution in [0.2, 0.25) is 0 Å². The molecule has 4 rings (SSSR count). The molecule has 0 atom stereocenters. The number of amides is 1. The molecule has 4 aromatic rings. The summed E-state index contributed by atoms with van der Waals surface area (Å²) in [6.07, 6.45) is 6.28. The minimum absolute atomic E-state index is 0.269. The van der Waals surface area contributed by atoms with Crippen molar-refractivity contribution in [1.82, 2.24) is 19.5 Å². The first-order chi connectivity index (χ1) is 14.0. The Morgan fingerprint density at radius 1 is 1.14 bits per heavy atom. The molecule has 0 saturated heterocycles. The van der Waals surface area contributed by atoms with Crippen molar-refractivity contribution >= 4 is 34.1 Å². The van der Waals surface area contributed by atoms with E-state index in [1.165, 1.54) is 6.08 Å². The van der Waals surface area contributed by atoms with Gasteiger partial charge in [0.2, 0.25) is 5.91 Å². The van der Waals surface area contributed by atoms with Crippen LogP contribution in [0, 0.1) is 13.8 Å². The summed E-state index contributed by atoms with van der Waals surface area (Å²) >= 11 is 0. The lowest BCUT2D eigenvalue weighted by atomic mass is 10.1. The van der Waals surface area contributed by atoms with Crippen LogP contribution in [-0.2, 0) is 4.79 Å². The Morgan fingerprint density at radius 2 is 1.93 bits per heavy atom. The minimum Gasteiger partial charge on any atom is -0.338 e. The Labute approximate surface area is 168 Å². The molecule has 0 bridgehead atoms. The van der Waals surface area contributed by atoms with Crippen LogP contribution in [-0.4, -0.2) is 25.4 Å². The predicted molar refractivity (Wildman–Crippen MR) is 115 cm³/mol. The van der Waals surface area contributed by atoms with E-state index in [2.05, 4.69) is 53.2 Å². The van der Waals surface area contributed by atoms with E-state index in [1.807, 2.05) is 22.8 Å². The molecule has 0 aliphatic carbocycles. The molecule has 7 heteroatoms. The third-order valence-electron chi connectivity index (χ3n) is 4.60. The number of aryl methyl sites for hydroxylation is 2. The van der Waals surface area contributed by atoms with Gasteiger partial charge in [-0.1, -0.05) is 24.8 Å². The fourth-order valence-electron chi connectivity index (χ4n) is 3.13. The molecule has 2 aromatic heterocycles. The van der Waals surface area contributed by atoms with Crippen molar-refractivity contribution in [3.05, 3.63) is 78.9 Å². The molecular formula is C22H20N6O. The summed E-state index contributed by atoms with van der Waals surface area (Å²) in [5, 5.41) is 6.12. The van der Waals surface area contributed by atoms with Crippen LogP contribution < -0.4 is 10.6 Å². The maximum absolute atomic E-state index is 11.6. The molecule has 1 amide bonds. The Morgan fingerprint density at radius 3 is 2.69 bits per heavy atom. The molecule has 2 aromatic carbocycles. The highest BCUT2D eigenvalue weighted by Gasteiger charge is 2.10. The quantitative estimate of drug-likeness (QED) is 0.501. The number of nitrogens with zero attached hydrogens (tertiary/aromatic N) is 4. The Bertz CT molecular complexity index is 1210. The number of imidazole rings is 1. The van der Waals surface area contributed by atoms with Gasteiger partial charge in [-0.3, -0.25) is 14.3 Å². The van der Waals surface area contributed by atoms with E-state index >= 15 is 0 Å². The summed E-state index contributed by atoms with van der Waals surface area (Å²) in [6, 6.07) is 11.6. The fraction of sp³-hybridized carbons (Fsp3) is 0.0909. The Balaban J connectivity index is 1.71. The van der Waals surface area contributed by atoms with Gasteiger partial charge in [0.25, 0.3) is 0 Å². The number of benzene rings is 2. The number of anilines is 3. The van der Waals surface area contributed by atoms with Crippen LogP contribution in [0.3, 0.4) is 0 Å². The van der Waals surface area contributed by atoms with Gasteiger partial charge in [-0.15, -0.1) is 0 Å². The zero-order valence-corrected chi connectivity index (χ0v) is 16.2. The highest BCUT2D eigenvalue weighted by molar-refractivity contribution is 6.00. The van der Waals surface area contributed by atoms with E-state index in [-0.39, 0.29) is 5.91 Å². The molecule has 2 N–H and O–H groups in total. The maximum Gasteiger partial charge on any atom is 0.247 e. The van der Waals surface area contributed by atoms with E-state index in [1.54, 1.807) is 24.8 Å². The summed E-state index contributed by atoms with van der Waals surface area (Å²) < 4.78 is 1.84. The van der Waals surface area contributed by atoms with Gasteiger partial charge in [0, 0.05) is 11.4 Å². The molecule has 0 radical (unpaired) electrons. The van der Waals surface area contributed by atoms with Crippen molar-refractivity contribution in [3.63, 3.8) is 0 Å². The third kappa shape index (κ3) is 3.70. The lowest BCUT2D eigenvalue weighted by Gasteiger charge is -2.12. The first-order valence-electron chi connectivity index (χ1n) is 9.11. The van der Waals surface area contributed by atoms with Crippen LogP contribution in [0.5, 0.6) is 0 Å². The fourth-order valence-corrected chi connectivity index (χ4v) is 3.13. The molecule has 0 saturated carbocycles. The second-order valence-electron chi connectivity index (χ2n) is 6.67. The number of fused-ring (bicyclic) bond motifs is 1. The van der Waals surface area contributed by atoms with Crippen LogP contribution in [0.15, 0.2) is 67.8 Å². The van der Waals surface area contributed by atoms with E-state index in [9.17, 15) is 4.79 Å². The van der Waals surface area contributed by atoms with Gasteiger partial charge >= 0.3 is 0 Å². The monoisotopic (exact) mass is 384 g/mol. The molecule has 0 fully saturated rings. The number of hydrogen-bond donors (Lipinski definition) is 2. The Hall–Kier alpha value is -4.00. The second kappa shape index (κ2) is 7.55. The standard InChI is InChI=1S/C22H20N6O/c1-4-21(29)25-16-8-9-17-18(10-16)28(13-24-17)20-12-23-11-19(26-20)27-22-14(2)6-5-7-15(22)3/h4-13H,1H2,2-3H3,(H,25,29)(H,26,27). The maximum atomic E-state index is 11.6. The van der Waals surface area contributed by atoms with Crippen LogP contribution in [0.25, 0.3) is 16.9 Å². The molecular weight excluding hydrogens is 364 g/mol. The lowest BCUT2D eigenvalue weighted by Crippen LogP contribution is -2.07. The number of carbonyl (C=O) groups is 1. The largest absolute Gasteiger partial charge is 0.338 e. The summed E-state index contributed by atoms with van der Waals surface area (Å²) in [5.74, 6) is 0.990. The highest BCUT2D eigenvalue weighted by Crippen LogP contribution is 2.25. The first kappa shape index (κ1) is 18.4. The number of hydrogen-bond acceptors (Lipinski definition) is 5. The number of nitrogens with one attached hydrogen (secondary N) is 2. The average molecular weight is 384 g/mol. The molecule has 0 unspecified atom stereocenters. The van der Waals surface area contributed by atoms with Crippen molar-refractivity contribution in [1.29, 1.82) is 0 Å². The lowest BCUT2D eigenvalue weighted by molar-refractivity contribution is -0.111. The minimum atomic E-state index is -0.269. The zero-order chi connectivity index (χ0) is 20.4. The number of aromatic nitrogens is 4. The van der Waals surface area contributed by atoms with Crippen LogP contribution >= 0.6 is 0 Å². The zero-order valence-electron chi connectivity index (χ0n) is 16.2. The van der Waals surface area contributed by atoms with E-state index in [0.717, 1.165) is 27.8 Å². The summed E-state index contributed by atoms with van der Waals surface area (Å²) in [7, 11) is 0. The molecule has 7 nitrogen and oxygen atoms in total. The van der Waals surface area contributed by atoms with Gasteiger partial charge in [-0.2, -0.15) is 0 Å². The van der Waals surface area contributed by atoms with Crippen molar-refractivity contribution in [2.75, 3.05) is 10.6 Å². The molecule has 2 heterocycles. The highest BCUT2D eigenvalue weighted by atomic mass is 16.1. The van der Waals surface area contributed by atoms with Gasteiger partial charge in [0.05, 0.1) is 23.4 Å². The van der Waals surface area contributed by atoms with Crippen molar-refractivity contribution in [2.45, 2.75) is 13.8 Å². The molecule has 144 valence electrons. The number of carbonyl (C=O) groups excluding carboxylic acids is 1. The van der Waals surface area contributed by atoms with Gasteiger partial charge in [-0.25, -0.2) is 9.97 Å². The predicted octanol–water partition coefficient (Wildman–Crippen LogP) is 4.30. The van der Waals surface area contributed by atoms with E-state index < -0.39 is 0 Å². The molecule has 0 aliphatic heterocycles. The summed E-state index contributed by atoms with van der Waals surface area (Å²) in [4.78, 5) is 25.0. The van der Waals surface area contributed by atoms with Crippen LogP contribution in [0.4, 0.5) is 17.2 Å². The number of para-hydroxylation sites is 1. The van der Waals surface area contributed by atoms with Crippen LogP contribution in [0.1, 0.15) is 11.1 Å².